The van der Waals surface area contributed by atoms with Gasteiger partial charge in [-0.2, -0.15) is 5.10 Å². The molecular formula is C24H24N2O3. The van der Waals surface area contributed by atoms with Crippen molar-refractivity contribution in [3.63, 3.8) is 0 Å². The molecule has 3 rings (SSSR count). The number of carbonyl (C=O) groups excluding carboxylic acids is 1. The molecule has 0 bridgehead atoms. The SMILES string of the molecule is CCOc1ccccc1/C=N/NC(=O)C(C)Oc1ccc(-c2ccccc2)cc1. The Kier molecular flexibility index (Phi) is 7.00. The van der Waals surface area contributed by atoms with Gasteiger partial charge in [0.05, 0.1) is 12.8 Å². The largest absolute Gasteiger partial charge is 0.493 e. The summed E-state index contributed by atoms with van der Waals surface area (Å²) in [6.07, 6.45) is 0.876. The molecule has 3 aromatic carbocycles. The fourth-order valence-electron chi connectivity index (χ4n) is 2.74. The monoisotopic (exact) mass is 388 g/mol. The number of hydrogen-bond donors (Lipinski definition) is 1. The minimum atomic E-state index is -0.683. The van der Waals surface area contributed by atoms with E-state index in [1.165, 1.54) is 0 Å². The Hall–Kier alpha value is -3.60. The lowest BCUT2D eigenvalue weighted by Crippen LogP contribution is -2.33. The van der Waals surface area contributed by atoms with E-state index in [9.17, 15) is 4.79 Å². The van der Waals surface area contributed by atoms with E-state index < -0.39 is 6.10 Å². The lowest BCUT2D eigenvalue weighted by Gasteiger charge is -2.13. The van der Waals surface area contributed by atoms with Crippen LogP contribution < -0.4 is 14.9 Å². The predicted octanol–water partition coefficient (Wildman–Crippen LogP) is 4.67. The Morgan fingerprint density at radius 3 is 2.34 bits per heavy atom. The first kappa shape index (κ1) is 20.1. The summed E-state index contributed by atoms with van der Waals surface area (Å²) in [6, 6.07) is 25.2. The third kappa shape index (κ3) is 5.69. The zero-order chi connectivity index (χ0) is 20.5. The minimum Gasteiger partial charge on any atom is -0.493 e. The van der Waals surface area contributed by atoms with Crippen molar-refractivity contribution in [2.75, 3.05) is 6.61 Å². The standard InChI is InChI=1S/C24H24N2O3/c1-3-28-23-12-8-7-11-21(23)17-25-26-24(27)18(2)29-22-15-13-20(14-16-22)19-9-5-4-6-10-19/h4-18H,3H2,1-2H3,(H,26,27)/b25-17+. The first-order valence-electron chi connectivity index (χ1n) is 9.54. The van der Waals surface area contributed by atoms with Crippen LogP contribution in [0.4, 0.5) is 0 Å². The molecule has 1 amide bonds. The number of nitrogens with one attached hydrogen (secondary N) is 1. The Balaban J connectivity index is 1.55. The van der Waals surface area contributed by atoms with Gasteiger partial charge in [0.1, 0.15) is 11.5 Å². The van der Waals surface area contributed by atoms with Crippen molar-refractivity contribution in [2.45, 2.75) is 20.0 Å². The van der Waals surface area contributed by atoms with Crippen LogP contribution in [0.5, 0.6) is 11.5 Å². The molecule has 1 N–H and O–H groups in total. The molecule has 0 saturated heterocycles. The summed E-state index contributed by atoms with van der Waals surface area (Å²) < 4.78 is 11.3. The molecule has 0 fully saturated rings. The molecule has 5 nitrogen and oxygen atoms in total. The van der Waals surface area contributed by atoms with Crippen molar-refractivity contribution in [2.24, 2.45) is 5.10 Å². The highest BCUT2D eigenvalue weighted by Crippen LogP contribution is 2.22. The normalized spacial score (nSPS) is 11.8. The van der Waals surface area contributed by atoms with Gasteiger partial charge in [-0.25, -0.2) is 5.43 Å². The number of para-hydroxylation sites is 1. The van der Waals surface area contributed by atoms with Gasteiger partial charge in [-0.15, -0.1) is 0 Å². The first-order chi connectivity index (χ1) is 14.2. The molecule has 29 heavy (non-hydrogen) atoms. The van der Waals surface area contributed by atoms with Crippen molar-refractivity contribution >= 4 is 12.1 Å². The Morgan fingerprint density at radius 1 is 0.966 bits per heavy atom. The summed E-state index contributed by atoms with van der Waals surface area (Å²) in [7, 11) is 0. The molecule has 0 aliphatic carbocycles. The average molecular weight is 388 g/mol. The summed E-state index contributed by atoms with van der Waals surface area (Å²) in [5.41, 5.74) is 5.52. The molecule has 0 spiro atoms. The van der Waals surface area contributed by atoms with Gasteiger partial charge in [0.15, 0.2) is 6.10 Å². The smallest absolute Gasteiger partial charge is 0.280 e. The number of carbonyl (C=O) groups is 1. The van der Waals surface area contributed by atoms with Crippen molar-refractivity contribution in [3.05, 3.63) is 84.4 Å². The molecule has 0 radical (unpaired) electrons. The van der Waals surface area contributed by atoms with E-state index in [0.29, 0.717) is 12.4 Å². The zero-order valence-corrected chi connectivity index (χ0v) is 16.5. The van der Waals surface area contributed by atoms with Crippen molar-refractivity contribution in [3.8, 4) is 22.6 Å². The third-order valence-electron chi connectivity index (χ3n) is 4.24. The van der Waals surface area contributed by atoms with E-state index in [1.807, 2.05) is 85.8 Å². The highest BCUT2D eigenvalue weighted by atomic mass is 16.5. The van der Waals surface area contributed by atoms with E-state index >= 15 is 0 Å². The van der Waals surface area contributed by atoms with Crippen LogP contribution in [0.3, 0.4) is 0 Å². The fraction of sp³-hybridized carbons (Fsp3) is 0.167. The van der Waals surface area contributed by atoms with Crippen LogP contribution in [0, 0.1) is 0 Å². The van der Waals surface area contributed by atoms with Crippen molar-refractivity contribution in [1.82, 2.24) is 5.43 Å². The van der Waals surface area contributed by atoms with Gasteiger partial charge in [-0.1, -0.05) is 54.6 Å². The minimum absolute atomic E-state index is 0.331. The van der Waals surface area contributed by atoms with Crippen LogP contribution >= 0.6 is 0 Å². The molecule has 148 valence electrons. The molecule has 3 aromatic rings. The summed E-state index contributed by atoms with van der Waals surface area (Å²) in [6.45, 7) is 4.16. The molecule has 1 atom stereocenters. The van der Waals surface area contributed by atoms with E-state index in [0.717, 1.165) is 22.4 Å². The second-order valence-electron chi connectivity index (χ2n) is 6.36. The predicted molar refractivity (Wildman–Crippen MR) is 115 cm³/mol. The quantitative estimate of drug-likeness (QED) is 0.451. The molecule has 0 aliphatic rings. The molecule has 0 saturated carbocycles. The molecule has 1 unspecified atom stereocenters. The Morgan fingerprint density at radius 2 is 1.62 bits per heavy atom. The van der Waals surface area contributed by atoms with Gasteiger partial charge >= 0.3 is 0 Å². The van der Waals surface area contributed by atoms with Crippen LogP contribution in [0.2, 0.25) is 0 Å². The van der Waals surface area contributed by atoms with Crippen LogP contribution in [-0.4, -0.2) is 24.8 Å². The summed E-state index contributed by atoms with van der Waals surface area (Å²) in [4.78, 5) is 12.3. The van der Waals surface area contributed by atoms with Gasteiger partial charge in [-0.05, 0) is 49.2 Å². The van der Waals surface area contributed by atoms with Crippen LogP contribution in [-0.2, 0) is 4.79 Å². The number of rotatable bonds is 8. The highest BCUT2D eigenvalue weighted by molar-refractivity contribution is 5.86. The fourth-order valence-corrected chi connectivity index (χ4v) is 2.74. The van der Waals surface area contributed by atoms with E-state index in [2.05, 4.69) is 10.5 Å². The number of nitrogens with zero attached hydrogens (tertiary/aromatic N) is 1. The number of hydrogen-bond acceptors (Lipinski definition) is 4. The number of hydrazone groups is 1. The van der Waals surface area contributed by atoms with Crippen LogP contribution in [0.1, 0.15) is 19.4 Å². The Bertz CT molecular complexity index is 953. The van der Waals surface area contributed by atoms with Crippen LogP contribution in [0.15, 0.2) is 84.0 Å². The maximum atomic E-state index is 12.3. The second kappa shape index (κ2) is 10.1. The lowest BCUT2D eigenvalue weighted by molar-refractivity contribution is -0.127. The van der Waals surface area contributed by atoms with Gasteiger partial charge in [-0.3, -0.25) is 4.79 Å². The number of amides is 1. The first-order valence-corrected chi connectivity index (χ1v) is 9.54. The summed E-state index contributed by atoms with van der Waals surface area (Å²) in [5, 5.41) is 4.02. The summed E-state index contributed by atoms with van der Waals surface area (Å²) >= 11 is 0. The van der Waals surface area contributed by atoms with E-state index in [4.69, 9.17) is 9.47 Å². The molecule has 0 aliphatic heterocycles. The zero-order valence-electron chi connectivity index (χ0n) is 16.5. The topological polar surface area (TPSA) is 59.9 Å². The van der Waals surface area contributed by atoms with Crippen molar-refractivity contribution < 1.29 is 14.3 Å². The van der Waals surface area contributed by atoms with E-state index in [-0.39, 0.29) is 5.91 Å². The lowest BCUT2D eigenvalue weighted by atomic mass is 10.1. The molecule has 0 heterocycles. The second-order valence-corrected chi connectivity index (χ2v) is 6.36. The highest BCUT2D eigenvalue weighted by Gasteiger charge is 2.14. The maximum absolute atomic E-state index is 12.3. The molecule has 5 heteroatoms. The maximum Gasteiger partial charge on any atom is 0.280 e. The summed E-state index contributed by atoms with van der Waals surface area (Å²) in [5.74, 6) is 1.01. The van der Waals surface area contributed by atoms with Gasteiger partial charge in [0.2, 0.25) is 0 Å². The van der Waals surface area contributed by atoms with Gasteiger partial charge in [0, 0.05) is 5.56 Å². The average Bonchev–Trinajstić information content (AvgIpc) is 2.76. The van der Waals surface area contributed by atoms with Crippen molar-refractivity contribution in [1.29, 1.82) is 0 Å². The molecular weight excluding hydrogens is 364 g/mol. The Labute approximate surface area is 171 Å². The van der Waals surface area contributed by atoms with E-state index in [1.54, 1.807) is 13.1 Å². The van der Waals surface area contributed by atoms with Crippen LogP contribution in [0.25, 0.3) is 11.1 Å². The number of ether oxygens (including phenoxy) is 2. The third-order valence-corrected chi connectivity index (χ3v) is 4.24. The number of benzene rings is 3. The molecule has 0 aromatic heterocycles. The van der Waals surface area contributed by atoms with Gasteiger partial charge < -0.3 is 9.47 Å². The van der Waals surface area contributed by atoms with Gasteiger partial charge in [0.25, 0.3) is 5.91 Å².